The van der Waals surface area contributed by atoms with Crippen LogP contribution in [0.15, 0.2) is 52.4 Å². The second-order valence-electron chi connectivity index (χ2n) is 8.76. The average molecular weight is 536 g/mol. The molecule has 0 spiro atoms. The maximum Gasteiger partial charge on any atom is 0.267 e. The van der Waals surface area contributed by atoms with E-state index < -0.39 is 0 Å². The Labute approximate surface area is 221 Å². The normalized spacial score (nSPS) is 14.0. The number of benzene rings is 2. The highest BCUT2D eigenvalue weighted by Crippen LogP contribution is 2.36. The molecule has 0 saturated carbocycles. The summed E-state index contributed by atoms with van der Waals surface area (Å²) >= 11 is 2.85. The zero-order valence-corrected chi connectivity index (χ0v) is 21.9. The SMILES string of the molecule is CCOc1ccc(-n2c(SCC(=O)Nc3ccc4c(c3)OCO4)nc3sc4c(c3c2=O)CCCC4)cc1. The smallest absolute Gasteiger partial charge is 0.267 e. The lowest BCUT2D eigenvalue weighted by Gasteiger charge is -2.14. The van der Waals surface area contributed by atoms with Crippen molar-refractivity contribution in [2.24, 2.45) is 0 Å². The van der Waals surface area contributed by atoms with Crippen molar-refractivity contribution in [3.05, 3.63) is 63.3 Å². The van der Waals surface area contributed by atoms with E-state index in [9.17, 15) is 9.59 Å². The molecule has 6 rings (SSSR count). The van der Waals surface area contributed by atoms with Gasteiger partial charge in [-0.1, -0.05) is 11.8 Å². The van der Waals surface area contributed by atoms with E-state index in [1.165, 1.54) is 16.6 Å². The fraction of sp³-hybridized carbons (Fsp3) is 0.296. The third kappa shape index (κ3) is 4.67. The van der Waals surface area contributed by atoms with Crippen molar-refractivity contribution in [1.29, 1.82) is 0 Å². The number of nitrogens with zero attached hydrogens (tertiary/aromatic N) is 2. The zero-order chi connectivity index (χ0) is 25.4. The number of aromatic nitrogens is 2. The van der Waals surface area contributed by atoms with Gasteiger partial charge in [-0.3, -0.25) is 14.2 Å². The number of nitrogens with one attached hydrogen (secondary N) is 1. The summed E-state index contributed by atoms with van der Waals surface area (Å²) in [5, 5.41) is 4.09. The predicted molar refractivity (Wildman–Crippen MR) is 145 cm³/mol. The largest absolute Gasteiger partial charge is 0.494 e. The standard InChI is InChI=1S/C27H25N3O5S2/c1-2-33-18-10-8-17(9-11-18)30-26(32)24-19-5-3-4-6-22(19)37-25(24)29-27(30)36-14-23(31)28-16-7-12-20-21(13-16)35-15-34-20/h7-13H,2-6,14-15H2,1H3,(H,28,31). The summed E-state index contributed by atoms with van der Waals surface area (Å²) in [6.07, 6.45) is 4.10. The lowest BCUT2D eigenvalue weighted by Crippen LogP contribution is -2.23. The van der Waals surface area contributed by atoms with Crippen molar-refractivity contribution in [2.45, 2.75) is 37.8 Å². The highest BCUT2D eigenvalue weighted by Gasteiger charge is 2.23. The van der Waals surface area contributed by atoms with Gasteiger partial charge in [0.15, 0.2) is 16.7 Å². The number of thioether (sulfide) groups is 1. The minimum absolute atomic E-state index is 0.0905. The van der Waals surface area contributed by atoms with E-state index in [0.717, 1.165) is 41.8 Å². The fourth-order valence-electron chi connectivity index (χ4n) is 4.67. The van der Waals surface area contributed by atoms with E-state index in [1.54, 1.807) is 34.1 Å². The Morgan fingerprint density at radius 2 is 1.95 bits per heavy atom. The molecule has 1 amide bonds. The monoisotopic (exact) mass is 535 g/mol. The zero-order valence-electron chi connectivity index (χ0n) is 20.2. The fourth-order valence-corrected chi connectivity index (χ4v) is 6.79. The summed E-state index contributed by atoms with van der Waals surface area (Å²) in [6.45, 7) is 2.67. The number of amides is 1. The number of hydrogen-bond donors (Lipinski definition) is 1. The first kappa shape index (κ1) is 23.9. The lowest BCUT2D eigenvalue weighted by molar-refractivity contribution is -0.113. The van der Waals surface area contributed by atoms with Crippen LogP contribution in [0.2, 0.25) is 0 Å². The van der Waals surface area contributed by atoms with Crippen LogP contribution in [0.3, 0.4) is 0 Å². The third-order valence-corrected chi connectivity index (χ3v) is 8.48. The minimum Gasteiger partial charge on any atom is -0.494 e. The van der Waals surface area contributed by atoms with Gasteiger partial charge in [0.1, 0.15) is 10.6 Å². The Morgan fingerprint density at radius 3 is 2.78 bits per heavy atom. The molecule has 2 aromatic heterocycles. The number of hydrogen-bond acceptors (Lipinski definition) is 8. The van der Waals surface area contributed by atoms with Crippen LogP contribution in [0, 0.1) is 0 Å². The van der Waals surface area contributed by atoms with E-state index in [-0.39, 0.29) is 24.0 Å². The number of anilines is 1. The van der Waals surface area contributed by atoms with Gasteiger partial charge in [0.05, 0.1) is 23.4 Å². The molecular weight excluding hydrogens is 510 g/mol. The molecular formula is C27H25N3O5S2. The lowest BCUT2D eigenvalue weighted by atomic mass is 9.97. The van der Waals surface area contributed by atoms with Gasteiger partial charge in [-0.2, -0.15) is 0 Å². The molecule has 0 radical (unpaired) electrons. The summed E-state index contributed by atoms with van der Waals surface area (Å²) < 4.78 is 17.9. The molecule has 2 aromatic carbocycles. The molecule has 3 heterocycles. The molecule has 0 saturated heterocycles. The van der Waals surface area contributed by atoms with E-state index in [1.807, 2.05) is 31.2 Å². The van der Waals surface area contributed by atoms with Crippen LogP contribution in [0.4, 0.5) is 5.69 Å². The molecule has 1 aliphatic heterocycles. The van der Waals surface area contributed by atoms with E-state index >= 15 is 0 Å². The van der Waals surface area contributed by atoms with Gasteiger partial charge in [-0.15, -0.1) is 11.3 Å². The van der Waals surface area contributed by atoms with Crippen LogP contribution >= 0.6 is 23.1 Å². The molecule has 2 aliphatic rings. The maximum absolute atomic E-state index is 13.9. The highest BCUT2D eigenvalue weighted by atomic mass is 32.2. The van der Waals surface area contributed by atoms with E-state index in [2.05, 4.69) is 5.32 Å². The molecule has 4 aromatic rings. The number of aryl methyl sites for hydroxylation is 2. The number of ether oxygens (including phenoxy) is 3. The Hall–Kier alpha value is -3.50. The number of fused-ring (bicyclic) bond motifs is 4. The second-order valence-corrected chi connectivity index (χ2v) is 10.8. The summed E-state index contributed by atoms with van der Waals surface area (Å²) in [5.41, 5.74) is 2.36. The summed E-state index contributed by atoms with van der Waals surface area (Å²) in [5.74, 6) is 1.88. The van der Waals surface area contributed by atoms with Gasteiger partial charge in [-0.25, -0.2) is 4.98 Å². The summed E-state index contributed by atoms with van der Waals surface area (Å²) in [4.78, 5) is 33.6. The van der Waals surface area contributed by atoms with Crippen molar-refractivity contribution in [1.82, 2.24) is 9.55 Å². The topological polar surface area (TPSA) is 91.7 Å². The minimum atomic E-state index is -0.207. The molecule has 0 unspecified atom stereocenters. The van der Waals surface area contributed by atoms with Gasteiger partial charge in [-0.05, 0) is 74.6 Å². The molecule has 8 nitrogen and oxygen atoms in total. The summed E-state index contributed by atoms with van der Waals surface area (Å²) in [6, 6.07) is 12.7. The molecule has 190 valence electrons. The van der Waals surface area contributed by atoms with Crippen LogP contribution in [0.25, 0.3) is 15.9 Å². The van der Waals surface area contributed by atoms with Gasteiger partial charge in [0.25, 0.3) is 5.56 Å². The first-order valence-corrected chi connectivity index (χ1v) is 14.0. The van der Waals surface area contributed by atoms with Crippen LogP contribution in [-0.2, 0) is 17.6 Å². The molecule has 37 heavy (non-hydrogen) atoms. The van der Waals surface area contributed by atoms with Crippen LogP contribution in [-0.4, -0.2) is 34.6 Å². The van der Waals surface area contributed by atoms with E-state index in [0.29, 0.717) is 40.0 Å². The summed E-state index contributed by atoms with van der Waals surface area (Å²) in [7, 11) is 0. The number of rotatable bonds is 7. The van der Waals surface area contributed by atoms with Crippen molar-refractivity contribution in [3.63, 3.8) is 0 Å². The third-order valence-electron chi connectivity index (χ3n) is 6.35. The van der Waals surface area contributed by atoms with Crippen molar-refractivity contribution in [2.75, 3.05) is 24.5 Å². The van der Waals surface area contributed by atoms with E-state index in [4.69, 9.17) is 19.2 Å². The van der Waals surface area contributed by atoms with Crippen molar-refractivity contribution >= 4 is 44.9 Å². The number of carbonyl (C=O) groups excluding carboxylic acids is 1. The van der Waals surface area contributed by atoms with Gasteiger partial charge < -0.3 is 19.5 Å². The van der Waals surface area contributed by atoms with Crippen molar-refractivity contribution in [3.8, 4) is 22.9 Å². The average Bonchev–Trinajstić information content (AvgIpc) is 3.52. The first-order valence-electron chi connectivity index (χ1n) is 12.2. The Bertz CT molecular complexity index is 1540. The quantitative estimate of drug-likeness (QED) is 0.257. The molecule has 1 aliphatic carbocycles. The first-order chi connectivity index (χ1) is 18.1. The number of thiophene rings is 1. The Morgan fingerprint density at radius 1 is 1.14 bits per heavy atom. The second kappa shape index (κ2) is 10.1. The predicted octanol–water partition coefficient (Wildman–Crippen LogP) is 5.18. The Kier molecular flexibility index (Phi) is 6.52. The van der Waals surface area contributed by atoms with Gasteiger partial charge in [0.2, 0.25) is 12.7 Å². The molecule has 0 fully saturated rings. The van der Waals surface area contributed by atoms with Gasteiger partial charge in [0, 0.05) is 16.6 Å². The Balaban J connectivity index is 1.32. The van der Waals surface area contributed by atoms with Crippen LogP contribution < -0.4 is 25.1 Å². The van der Waals surface area contributed by atoms with Gasteiger partial charge >= 0.3 is 0 Å². The maximum atomic E-state index is 13.9. The van der Waals surface area contributed by atoms with Crippen molar-refractivity contribution < 1.29 is 19.0 Å². The molecule has 1 N–H and O–H groups in total. The van der Waals surface area contributed by atoms with Crippen LogP contribution in [0.1, 0.15) is 30.2 Å². The molecule has 0 atom stereocenters. The van der Waals surface area contributed by atoms with Crippen LogP contribution in [0.5, 0.6) is 17.2 Å². The highest BCUT2D eigenvalue weighted by molar-refractivity contribution is 7.99. The number of carbonyl (C=O) groups is 1. The molecule has 10 heteroatoms. The molecule has 0 bridgehead atoms.